The van der Waals surface area contributed by atoms with Crippen LogP contribution in [-0.4, -0.2) is 69.6 Å². The molecule has 2 fully saturated rings. The van der Waals surface area contributed by atoms with Crippen LogP contribution in [-0.2, 0) is 23.9 Å². The predicted octanol–water partition coefficient (Wildman–Crippen LogP) is 1.83. The van der Waals surface area contributed by atoms with Crippen molar-refractivity contribution in [2.75, 3.05) is 30.9 Å². The lowest BCUT2D eigenvalue weighted by atomic mass is 10.1. The Labute approximate surface area is 180 Å². The van der Waals surface area contributed by atoms with Gasteiger partial charge < -0.3 is 9.57 Å². The van der Waals surface area contributed by atoms with Crippen molar-refractivity contribution < 1.29 is 31.8 Å². The Bertz CT molecular complexity index is 935. The Morgan fingerprint density at radius 3 is 2.65 bits per heavy atom. The summed E-state index contributed by atoms with van der Waals surface area (Å²) in [5.41, 5.74) is 0.935. The minimum atomic E-state index is -3.63. The van der Waals surface area contributed by atoms with Gasteiger partial charge in [-0.1, -0.05) is 6.42 Å². The zero-order valence-corrected chi connectivity index (χ0v) is 18.2. The van der Waals surface area contributed by atoms with Crippen LogP contribution in [0.4, 0.5) is 15.3 Å². The number of carbonyl (C=O) groups excluding carboxylic acids is 2. The molecule has 0 aromatic heterocycles. The highest BCUT2D eigenvalue weighted by atomic mass is 32.2. The molecule has 11 nitrogen and oxygen atoms in total. The Balaban J connectivity index is 1.54. The van der Waals surface area contributed by atoms with Crippen molar-refractivity contribution in [3.8, 4) is 0 Å². The average Bonchev–Trinajstić information content (AvgIpc) is 3.08. The molecule has 2 saturated heterocycles. The SMILES string of the molecule is CC1CCCCN1OC(=O)NC(=N)c1ccc(N2CC(COS(C)(=O)=O)OC2=O)cc1. The fourth-order valence-corrected chi connectivity index (χ4v) is 3.74. The summed E-state index contributed by atoms with van der Waals surface area (Å²) in [6, 6.07) is 6.50. The maximum Gasteiger partial charge on any atom is 0.431 e. The van der Waals surface area contributed by atoms with Gasteiger partial charge in [-0.2, -0.15) is 8.42 Å². The van der Waals surface area contributed by atoms with Crippen molar-refractivity contribution in [1.29, 1.82) is 5.41 Å². The molecule has 12 heteroatoms. The molecule has 2 heterocycles. The number of ether oxygens (including phenoxy) is 1. The summed E-state index contributed by atoms with van der Waals surface area (Å²) in [6.07, 6.45) is 1.87. The van der Waals surface area contributed by atoms with Gasteiger partial charge in [0.15, 0.2) is 0 Å². The van der Waals surface area contributed by atoms with Gasteiger partial charge in [-0.15, -0.1) is 5.06 Å². The number of rotatable bonds is 6. The van der Waals surface area contributed by atoms with Crippen LogP contribution in [0.1, 0.15) is 31.7 Å². The van der Waals surface area contributed by atoms with E-state index in [9.17, 15) is 18.0 Å². The van der Waals surface area contributed by atoms with E-state index < -0.39 is 28.4 Å². The number of hydroxylamine groups is 2. The van der Waals surface area contributed by atoms with Gasteiger partial charge in [0.1, 0.15) is 18.5 Å². The zero-order valence-electron chi connectivity index (χ0n) is 17.4. The first-order valence-corrected chi connectivity index (χ1v) is 11.7. The van der Waals surface area contributed by atoms with Gasteiger partial charge in [0.25, 0.3) is 10.1 Å². The first kappa shape index (κ1) is 23.0. The van der Waals surface area contributed by atoms with Gasteiger partial charge >= 0.3 is 12.2 Å². The maximum atomic E-state index is 12.1. The first-order valence-electron chi connectivity index (χ1n) is 9.89. The molecular formula is C19H26N4O7S. The number of nitrogens with zero attached hydrogens (tertiary/aromatic N) is 2. The van der Waals surface area contributed by atoms with Crippen LogP contribution in [0.5, 0.6) is 0 Å². The van der Waals surface area contributed by atoms with E-state index in [-0.39, 0.29) is 25.0 Å². The molecular weight excluding hydrogens is 428 g/mol. The first-order chi connectivity index (χ1) is 14.6. The largest absolute Gasteiger partial charge is 0.441 e. The molecule has 31 heavy (non-hydrogen) atoms. The Hall–Kier alpha value is -2.70. The molecule has 0 bridgehead atoms. The number of hydrogen-bond donors (Lipinski definition) is 2. The fourth-order valence-electron chi connectivity index (χ4n) is 3.34. The quantitative estimate of drug-likeness (QED) is 0.377. The van der Waals surface area contributed by atoms with E-state index in [0.717, 1.165) is 25.5 Å². The maximum absolute atomic E-state index is 12.1. The number of amidine groups is 1. The van der Waals surface area contributed by atoms with E-state index in [1.54, 1.807) is 29.3 Å². The van der Waals surface area contributed by atoms with Gasteiger partial charge in [-0.3, -0.25) is 19.8 Å². The summed E-state index contributed by atoms with van der Waals surface area (Å²) in [5.74, 6) is -0.135. The van der Waals surface area contributed by atoms with Crippen molar-refractivity contribution >= 4 is 33.8 Å². The van der Waals surface area contributed by atoms with E-state index in [1.807, 2.05) is 6.92 Å². The second-order valence-electron chi connectivity index (χ2n) is 7.52. The lowest BCUT2D eigenvalue weighted by molar-refractivity contribution is -0.138. The highest BCUT2D eigenvalue weighted by Crippen LogP contribution is 2.22. The molecule has 0 radical (unpaired) electrons. The number of hydrogen-bond acceptors (Lipinski definition) is 9. The third-order valence-electron chi connectivity index (χ3n) is 4.98. The van der Waals surface area contributed by atoms with Crippen molar-refractivity contribution in [3.63, 3.8) is 0 Å². The van der Waals surface area contributed by atoms with E-state index in [0.29, 0.717) is 17.8 Å². The van der Waals surface area contributed by atoms with Crippen molar-refractivity contribution in [1.82, 2.24) is 10.4 Å². The molecule has 2 atom stereocenters. The second-order valence-corrected chi connectivity index (χ2v) is 9.16. The van der Waals surface area contributed by atoms with E-state index >= 15 is 0 Å². The number of carbonyl (C=O) groups is 2. The third-order valence-corrected chi connectivity index (χ3v) is 5.54. The van der Waals surface area contributed by atoms with Crippen LogP contribution in [0.2, 0.25) is 0 Å². The van der Waals surface area contributed by atoms with Gasteiger partial charge in [0, 0.05) is 23.8 Å². The molecule has 0 saturated carbocycles. The highest BCUT2D eigenvalue weighted by molar-refractivity contribution is 7.85. The van der Waals surface area contributed by atoms with E-state index in [1.165, 1.54) is 4.90 Å². The number of piperidine rings is 1. The lowest BCUT2D eigenvalue weighted by Crippen LogP contribution is -2.43. The van der Waals surface area contributed by atoms with Crippen LogP contribution in [0, 0.1) is 5.41 Å². The van der Waals surface area contributed by atoms with E-state index in [4.69, 9.17) is 15.0 Å². The topological polar surface area (TPSA) is 138 Å². The normalized spacial score (nSPS) is 22.1. The monoisotopic (exact) mass is 454 g/mol. The minimum absolute atomic E-state index is 0.129. The average molecular weight is 455 g/mol. The molecule has 2 aliphatic rings. The van der Waals surface area contributed by atoms with Crippen LogP contribution < -0.4 is 10.2 Å². The second kappa shape index (κ2) is 9.62. The van der Waals surface area contributed by atoms with Crippen LogP contribution in [0.3, 0.4) is 0 Å². The Kier molecular flexibility index (Phi) is 7.13. The molecule has 1 aromatic carbocycles. The van der Waals surface area contributed by atoms with Crippen LogP contribution >= 0.6 is 0 Å². The summed E-state index contributed by atoms with van der Waals surface area (Å²) in [5, 5.41) is 12.1. The number of benzene rings is 1. The molecule has 2 aliphatic heterocycles. The summed E-state index contributed by atoms with van der Waals surface area (Å²) < 4.78 is 32.0. The zero-order chi connectivity index (χ0) is 22.6. The smallest absolute Gasteiger partial charge is 0.431 e. The lowest BCUT2D eigenvalue weighted by Gasteiger charge is -2.31. The van der Waals surface area contributed by atoms with Gasteiger partial charge in [0.2, 0.25) is 0 Å². The molecule has 3 rings (SSSR count). The molecule has 2 amide bonds. The number of cyclic esters (lactones) is 1. The molecule has 1 aromatic rings. The number of anilines is 1. The number of nitrogens with one attached hydrogen (secondary N) is 2. The van der Waals surface area contributed by atoms with Crippen molar-refractivity contribution in [2.45, 2.75) is 38.3 Å². The standard InChI is InChI=1S/C19H26N4O7S/c1-13-5-3-4-10-23(13)30-18(24)21-17(20)14-6-8-15(9-7-14)22-11-16(29-19(22)25)12-28-31(2,26)27/h6-9,13,16H,3-5,10-12H2,1-2H3,(H2,20,21,24). The summed E-state index contributed by atoms with van der Waals surface area (Å²) in [4.78, 5) is 30.8. The van der Waals surface area contributed by atoms with Crippen molar-refractivity contribution in [3.05, 3.63) is 29.8 Å². The van der Waals surface area contributed by atoms with Gasteiger partial charge in [-0.05, 0) is 44.0 Å². The molecule has 0 spiro atoms. The summed E-state index contributed by atoms with van der Waals surface area (Å²) in [7, 11) is -3.63. The van der Waals surface area contributed by atoms with E-state index in [2.05, 4.69) is 9.50 Å². The summed E-state index contributed by atoms with van der Waals surface area (Å²) in [6.45, 7) is 2.52. The number of amides is 2. The van der Waals surface area contributed by atoms with Crippen LogP contribution in [0.15, 0.2) is 24.3 Å². The molecule has 170 valence electrons. The predicted molar refractivity (Wildman–Crippen MR) is 111 cm³/mol. The molecule has 2 N–H and O–H groups in total. The third kappa shape index (κ3) is 6.39. The Morgan fingerprint density at radius 1 is 1.29 bits per heavy atom. The fraction of sp³-hybridized carbons (Fsp3) is 0.526. The van der Waals surface area contributed by atoms with Gasteiger partial charge in [-0.25, -0.2) is 9.59 Å². The van der Waals surface area contributed by atoms with Crippen molar-refractivity contribution in [2.24, 2.45) is 0 Å². The Morgan fingerprint density at radius 2 is 2.00 bits per heavy atom. The molecule has 0 aliphatic carbocycles. The highest BCUT2D eigenvalue weighted by Gasteiger charge is 2.33. The van der Waals surface area contributed by atoms with Gasteiger partial charge in [0.05, 0.1) is 12.8 Å². The molecule has 2 unspecified atom stereocenters. The summed E-state index contributed by atoms with van der Waals surface area (Å²) >= 11 is 0. The van der Waals surface area contributed by atoms with Crippen LogP contribution in [0.25, 0.3) is 0 Å². The minimum Gasteiger partial charge on any atom is -0.441 e.